The molecule has 0 aliphatic rings. The minimum Gasteiger partial charge on any atom is -0.0563 e. The van der Waals surface area contributed by atoms with Crippen molar-refractivity contribution in [2.24, 2.45) is 0 Å². The number of benzene rings is 3. The maximum absolute atomic E-state index is 2.21. The van der Waals surface area contributed by atoms with E-state index >= 15 is 0 Å². The molecule has 0 atom stereocenters. The number of rotatable bonds is 4. The zero-order chi connectivity index (χ0) is 18.5. The summed E-state index contributed by atoms with van der Waals surface area (Å²) in [4.78, 5) is 0. The molecule has 0 radical (unpaired) electrons. The van der Waals surface area contributed by atoms with Gasteiger partial charge in [-0.1, -0.05) is 107 Å². The second kappa shape index (κ2) is 8.01. The number of hydrogen-bond acceptors (Lipinski definition) is 0. The third-order valence-electron chi connectivity index (χ3n) is 4.36. The molecule has 0 heterocycles. The summed E-state index contributed by atoms with van der Waals surface area (Å²) in [5, 5.41) is 0. The van der Waals surface area contributed by atoms with Crippen molar-refractivity contribution in [2.45, 2.75) is 27.7 Å². The second-order valence-corrected chi connectivity index (χ2v) is 7.18. The van der Waals surface area contributed by atoms with Crippen molar-refractivity contribution in [3.8, 4) is 0 Å². The summed E-state index contributed by atoms with van der Waals surface area (Å²) in [6.45, 7) is 8.56. The lowest BCUT2D eigenvalue weighted by molar-refractivity contribution is 1.37. The van der Waals surface area contributed by atoms with Crippen LogP contribution in [0.25, 0.3) is 24.3 Å². The normalized spacial score (nSPS) is 11.5. The Morgan fingerprint density at radius 2 is 0.654 bits per heavy atom. The highest BCUT2D eigenvalue weighted by Gasteiger charge is 1.95. The van der Waals surface area contributed by atoms with Crippen molar-refractivity contribution in [1.82, 2.24) is 0 Å². The summed E-state index contributed by atoms with van der Waals surface area (Å²) in [5.74, 6) is 0. The molecule has 26 heavy (non-hydrogen) atoms. The molecule has 0 saturated carbocycles. The third kappa shape index (κ3) is 5.07. The number of hydrogen-bond donors (Lipinski definition) is 0. The molecule has 0 fully saturated rings. The summed E-state index contributed by atoms with van der Waals surface area (Å²) in [6.07, 6.45) is 8.71. The van der Waals surface area contributed by atoms with Crippen LogP contribution in [0.5, 0.6) is 0 Å². The molecule has 0 aromatic heterocycles. The Kier molecular flexibility index (Phi) is 5.53. The van der Waals surface area contributed by atoms with E-state index in [1.807, 2.05) is 0 Å². The smallest absolute Gasteiger partial charge is 0.0251 e. The molecule has 130 valence electrons. The molecule has 0 unspecified atom stereocenters. The fraction of sp³-hybridized carbons (Fsp3) is 0.154. The van der Waals surface area contributed by atoms with Gasteiger partial charge in [0.15, 0.2) is 0 Å². The van der Waals surface area contributed by atoms with Crippen LogP contribution in [0, 0.1) is 27.7 Å². The molecular weight excluding hydrogens is 312 g/mol. The first kappa shape index (κ1) is 17.9. The minimum atomic E-state index is 1.22. The molecule has 0 nitrogen and oxygen atoms in total. The van der Waals surface area contributed by atoms with Crippen molar-refractivity contribution in [3.05, 3.63) is 105 Å². The minimum absolute atomic E-state index is 1.22. The maximum atomic E-state index is 2.21. The molecule has 0 amide bonds. The van der Waals surface area contributed by atoms with Crippen molar-refractivity contribution in [3.63, 3.8) is 0 Å². The summed E-state index contributed by atoms with van der Waals surface area (Å²) < 4.78 is 0. The van der Waals surface area contributed by atoms with E-state index in [4.69, 9.17) is 0 Å². The van der Waals surface area contributed by atoms with Gasteiger partial charge in [-0.05, 0) is 49.9 Å². The van der Waals surface area contributed by atoms with Gasteiger partial charge < -0.3 is 0 Å². The van der Waals surface area contributed by atoms with Crippen LogP contribution >= 0.6 is 0 Å². The Labute approximate surface area is 157 Å². The zero-order valence-electron chi connectivity index (χ0n) is 16.1. The van der Waals surface area contributed by atoms with Gasteiger partial charge in [0, 0.05) is 0 Å². The monoisotopic (exact) mass is 338 g/mol. The highest BCUT2D eigenvalue weighted by molar-refractivity contribution is 5.73. The van der Waals surface area contributed by atoms with E-state index in [2.05, 4.69) is 113 Å². The van der Waals surface area contributed by atoms with E-state index in [0.717, 1.165) is 0 Å². The van der Waals surface area contributed by atoms with Crippen molar-refractivity contribution in [2.75, 3.05) is 0 Å². The van der Waals surface area contributed by atoms with Crippen LogP contribution in [0.15, 0.2) is 60.7 Å². The average molecular weight is 338 g/mol. The van der Waals surface area contributed by atoms with Crippen LogP contribution < -0.4 is 0 Å². The first-order valence-electron chi connectivity index (χ1n) is 9.11. The fourth-order valence-corrected chi connectivity index (χ4v) is 3.32. The van der Waals surface area contributed by atoms with Gasteiger partial charge in [0.25, 0.3) is 0 Å². The van der Waals surface area contributed by atoms with Crippen LogP contribution in [0.2, 0.25) is 0 Å². The second-order valence-electron chi connectivity index (χ2n) is 7.18. The summed E-state index contributed by atoms with van der Waals surface area (Å²) in [5.41, 5.74) is 10.1. The van der Waals surface area contributed by atoms with Gasteiger partial charge in [-0.3, -0.25) is 0 Å². The van der Waals surface area contributed by atoms with E-state index in [1.54, 1.807) is 0 Å². The first-order chi connectivity index (χ1) is 12.5. The van der Waals surface area contributed by atoms with E-state index in [0.29, 0.717) is 0 Å². The van der Waals surface area contributed by atoms with Crippen LogP contribution in [0.4, 0.5) is 0 Å². The van der Waals surface area contributed by atoms with E-state index in [1.165, 1.54) is 44.5 Å². The van der Waals surface area contributed by atoms with Crippen LogP contribution in [0.1, 0.15) is 44.5 Å². The average Bonchev–Trinajstić information content (AvgIpc) is 2.57. The molecule has 0 spiro atoms. The lowest BCUT2D eigenvalue weighted by atomic mass is 10.0. The van der Waals surface area contributed by atoms with Crippen LogP contribution in [-0.4, -0.2) is 0 Å². The Balaban J connectivity index is 1.71. The lowest BCUT2D eigenvalue weighted by Gasteiger charge is -2.01. The fourth-order valence-electron chi connectivity index (χ4n) is 3.32. The SMILES string of the molecule is Cc1cc(C)cc(C=Cc2ccc(C=Cc3cc(C)cc(C)c3)cc2)c1. The molecule has 0 N–H and O–H groups in total. The Morgan fingerprint density at radius 3 is 0.962 bits per heavy atom. The predicted molar refractivity (Wildman–Crippen MR) is 116 cm³/mol. The van der Waals surface area contributed by atoms with Crippen LogP contribution in [-0.2, 0) is 0 Å². The van der Waals surface area contributed by atoms with Gasteiger partial charge in [-0.15, -0.1) is 0 Å². The lowest BCUT2D eigenvalue weighted by Crippen LogP contribution is -1.81. The zero-order valence-corrected chi connectivity index (χ0v) is 16.1. The van der Waals surface area contributed by atoms with Gasteiger partial charge in [-0.2, -0.15) is 0 Å². The van der Waals surface area contributed by atoms with Crippen molar-refractivity contribution in [1.29, 1.82) is 0 Å². The summed E-state index contributed by atoms with van der Waals surface area (Å²) >= 11 is 0. The molecule has 0 heteroatoms. The van der Waals surface area contributed by atoms with Gasteiger partial charge in [0.1, 0.15) is 0 Å². The van der Waals surface area contributed by atoms with Gasteiger partial charge in [-0.25, -0.2) is 0 Å². The summed E-state index contributed by atoms with van der Waals surface area (Å²) in [6, 6.07) is 21.9. The van der Waals surface area contributed by atoms with Crippen molar-refractivity contribution >= 4 is 24.3 Å². The van der Waals surface area contributed by atoms with Crippen molar-refractivity contribution < 1.29 is 0 Å². The largest absolute Gasteiger partial charge is 0.0563 e. The highest BCUT2D eigenvalue weighted by Crippen LogP contribution is 2.16. The molecule has 0 aliphatic carbocycles. The first-order valence-corrected chi connectivity index (χ1v) is 9.11. The Bertz CT molecular complexity index is 833. The van der Waals surface area contributed by atoms with E-state index in [9.17, 15) is 0 Å². The predicted octanol–water partition coefficient (Wildman–Crippen LogP) is 7.26. The Morgan fingerprint density at radius 1 is 0.385 bits per heavy atom. The molecular formula is C26H26. The van der Waals surface area contributed by atoms with E-state index in [-0.39, 0.29) is 0 Å². The summed E-state index contributed by atoms with van der Waals surface area (Å²) in [7, 11) is 0. The highest BCUT2D eigenvalue weighted by atomic mass is 14.0. The van der Waals surface area contributed by atoms with Gasteiger partial charge in [0.05, 0.1) is 0 Å². The van der Waals surface area contributed by atoms with Crippen LogP contribution in [0.3, 0.4) is 0 Å². The topological polar surface area (TPSA) is 0 Å². The van der Waals surface area contributed by atoms with Gasteiger partial charge in [0.2, 0.25) is 0 Å². The third-order valence-corrected chi connectivity index (χ3v) is 4.36. The molecule has 0 aliphatic heterocycles. The Hall–Kier alpha value is -2.86. The molecule has 3 aromatic carbocycles. The van der Waals surface area contributed by atoms with E-state index < -0.39 is 0 Å². The molecule has 3 rings (SSSR count). The molecule has 0 saturated heterocycles. The molecule has 0 bridgehead atoms. The quantitative estimate of drug-likeness (QED) is 0.439. The standard InChI is InChI=1S/C26H26/c1-19-13-20(2)16-25(15-19)11-9-23-5-7-24(8-6-23)10-12-26-17-21(3)14-22(4)18-26/h5-18H,1-4H3. The number of aryl methyl sites for hydroxylation is 4. The molecule has 3 aromatic rings. The van der Waals surface area contributed by atoms with Gasteiger partial charge >= 0.3 is 0 Å². The maximum Gasteiger partial charge on any atom is -0.0251 e.